The van der Waals surface area contributed by atoms with E-state index in [4.69, 9.17) is 0 Å². The predicted octanol–water partition coefficient (Wildman–Crippen LogP) is 3.07. The van der Waals surface area contributed by atoms with E-state index in [0.717, 1.165) is 5.56 Å². The van der Waals surface area contributed by atoms with E-state index in [1.54, 1.807) is 13.8 Å². The molecule has 0 unspecified atom stereocenters. The largest absolute Gasteiger partial charge is 0.294 e. The van der Waals surface area contributed by atoms with Crippen LogP contribution in [0.4, 0.5) is 0 Å². The van der Waals surface area contributed by atoms with Crippen molar-refractivity contribution in [2.24, 2.45) is 5.92 Å². The second kappa shape index (κ2) is 4.20. The minimum absolute atomic E-state index is 0.0679. The van der Waals surface area contributed by atoms with Gasteiger partial charge in [0.1, 0.15) is 0 Å². The predicted molar refractivity (Wildman–Crippen MR) is 71.3 cm³/mol. The Kier molecular flexibility index (Phi) is 2.97. The normalized spacial score (nSPS) is 28.8. The maximum absolute atomic E-state index is 12.6. The van der Waals surface area contributed by atoms with E-state index in [2.05, 4.69) is 0 Å². The lowest BCUT2D eigenvalue weighted by atomic mass is 9.62. The molecule has 94 valence electrons. The standard InChI is InChI=1S/C16H18O2/c1-10-11(2)15(18)16(4,12(3)14(10)17)13-8-6-5-7-9-13/h5-9,12H,1-4H3/t12-,16+/m0/s1. The van der Waals surface area contributed by atoms with E-state index in [-0.39, 0.29) is 17.5 Å². The molecule has 2 nitrogen and oxygen atoms in total. The number of ketones is 2. The van der Waals surface area contributed by atoms with E-state index >= 15 is 0 Å². The first-order valence-electron chi connectivity index (χ1n) is 6.22. The van der Waals surface area contributed by atoms with Crippen molar-refractivity contribution in [3.8, 4) is 0 Å². The fourth-order valence-corrected chi connectivity index (χ4v) is 2.69. The van der Waals surface area contributed by atoms with Crippen molar-refractivity contribution in [2.75, 3.05) is 0 Å². The smallest absolute Gasteiger partial charge is 0.169 e. The van der Waals surface area contributed by atoms with Crippen LogP contribution in [0.2, 0.25) is 0 Å². The van der Waals surface area contributed by atoms with E-state index in [1.165, 1.54) is 0 Å². The van der Waals surface area contributed by atoms with Gasteiger partial charge in [-0.1, -0.05) is 37.3 Å². The molecule has 18 heavy (non-hydrogen) atoms. The zero-order valence-corrected chi connectivity index (χ0v) is 11.3. The maximum Gasteiger partial charge on any atom is 0.169 e. The highest BCUT2D eigenvalue weighted by Crippen LogP contribution is 2.41. The Morgan fingerprint density at radius 3 is 2.11 bits per heavy atom. The van der Waals surface area contributed by atoms with Gasteiger partial charge in [0.25, 0.3) is 0 Å². The molecule has 0 aromatic heterocycles. The van der Waals surface area contributed by atoms with Gasteiger partial charge in [0.15, 0.2) is 11.6 Å². The summed E-state index contributed by atoms with van der Waals surface area (Å²) < 4.78 is 0. The minimum Gasteiger partial charge on any atom is -0.294 e. The van der Waals surface area contributed by atoms with Crippen LogP contribution in [-0.4, -0.2) is 11.6 Å². The summed E-state index contributed by atoms with van der Waals surface area (Å²) in [5.41, 5.74) is 1.40. The zero-order chi connectivity index (χ0) is 13.5. The second-order valence-corrected chi connectivity index (χ2v) is 5.23. The van der Waals surface area contributed by atoms with Gasteiger partial charge in [-0.3, -0.25) is 9.59 Å². The Hall–Kier alpha value is -1.70. The molecule has 0 bridgehead atoms. The molecule has 1 aliphatic rings. The second-order valence-electron chi connectivity index (χ2n) is 5.23. The Bertz CT molecular complexity index is 539. The van der Waals surface area contributed by atoms with Crippen molar-refractivity contribution in [1.29, 1.82) is 0 Å². The first kappa shape index (κ1) is 12.7. The van der Waals surface area contributed by atoms with Crippen LogP contribution >= 0.6 is 0 Å². The summed E-state index contributed by atoms with van der Waals surface area (Å²) in [6, 6.07) is 9.59. The Balaban J connectivity index is 2.65. The number of Topliss-reactive ketones (excluding diaryl/α,β-unsaturated/α-hetero) is 2. The molecular weight excluding hydrogens is 224 g/mol. The molecule has 0 aliphatic heterocycles. The van der Waals surface area contributed by atoms with Crippen LogP contribution in [0, 0.1) is 5.92 Å². The summed E-state index contributed by atoms with van der Waals surface area (Å²) >= 11 is 0. The maximum atomic E-state index is 12.6. The number of carbonyl (C=O) groups excluding carboxylic acids is 2. The van der Waals surface area contributed by atoms with Gasteiger partial charge in [-0.2, -0.15) is 0 Å². The van der Waals surface area contributed by atoms with Gasteiger partial charge < -0.3 is 0 Å². The van der Waals surface area contributed by atoms with Gasteiger partial charge in [-0.05, 0) is 37.5 Å². The summed E-state index contributed by atoms with van der Waals surface area (Å²) in [5, 5.41) is 0. The van der Waals surface area contributed by atoms with Crippen LogP contribution in [0.25, 0.3) is 0 Å². The third kappa shape index (κ3) is 1.56. The molecule has 0 saturated heterocycles. The molecule has 0 heterocycles. The Morgan fingerprint density at radius 1 is 1.00 bits per heavy atom. The van der Waals surface area contributed by atoms with Gasteiger partial charge in [0, 0.05) is 5.92 Å². The van der Waals surface area contributed by atoms with Gasteiger partial charge in [0.05, 0.1) is 5.41 Å². The van der Waals surface area contributed by atoms with Crippen LogP contribution in [0.15, 0.2) is 41.5 Å². The molecule has 2 heteroatoms. The van der Waals surface area contributed by atoms with Gasteiger partial charge in [-0.25, -0.2) is 0 Å². The van der Waals surface area contributed by atoms with E-state index in [1.807, 2.05) is 44.2 Å². The Labute approximate surface area is 108 Å². The highest BCUT2D eigenvalue weighted by atomic mass is 16.1. The van der Waals surface area contributed by atoms with Crippen molar-refractivity contribution in [3.63, 3.8) is 0 Å². The lowest BCUT2D eigenvalue weighted by Gasteiger charge is -2.38. The topological polar surface area (TPSA) is 34.1 Å². The minimum atomic E-state index is -0.734. The molecule has 2 rings (SSSR count). The number of rotatable bonds is 1. The highest BCUT2D eigenvalue weighted by molar-refractivity contribution is 6.17. The molecule has 0 radical (unpaired) electrons. The van der Waals surface area contributed by atoms with Crippen LogP contribution in [0.1, 0.15) is 33.3 Å². The molecule has 1 aromatic carbocycles. The molecule has 0 amide bonds. The van der Waals surface area contributed by atoms with E-state index in [0.29, 0.717) is 11.1 Å². The van der Waals surface area contributed by atoms with E-state index < -0.39 is 5.41 Å². The van der Waals surface area contributed by atoms with Crippen LogP contribution < -0.4 is 0 Å². The van der Waals surface area contributed by atoms with Crippen LogP contribution in [0.3, 0.4) is 0 Å². The zero-order valence-electron chi connectivity index (χ0n) is 11.3. The van der Waals surface area contributed by atoms with Crippen LogP contribution in [0.5, 0.6) is 0 Å². The number of hydrogen-bond donors (Lipinski definition) is 0. The van der Waals surface area contributed by atoms with Crippen molar-refractivity contribution in [1.82, 2.24) is 0 Å². The van der Waals surface area contributed by atoms with Crippen molar-refractivity contribution in [3.05, 3.63) is 47.0 Å². The molecule has 1 aromatic rings. The fraction of sp³-hybridized carbons (Fsp3) is 0.375. The van der Waals surface area contributed by atoms with E-state index in [9.17, 15) is 9.59 Å². The van der Waals surface area contributed by atoms with Gasteiger partial charge in [0.2, 0.25) is 0 Å². The summed E-state index contributed by atoms with van der Waals surface area (Å²) in [4.78, 5) is 24.9. The Morgan fingerprint density at radius 2 is 1.56 bits per heavy atom. The quantitative estimate of drug-likeness (QED) is 0.758. The highest BCUT2D eigenvalue weighted by Gasteiger charge is 2.48. The number of benzene rings is 1. The first-order valence-corrected chi connectivity index (χ1v) is 6.22. The first-order chi connectivity index (χ1) is 8.40. The van der Waals surface area contributed by atoms with Crippen LogP contribution in [-0.2, 0) is 15.0 Å². The lowest BCUT2D eigenvalue weighted by Crippen LogP contribution is -2.47. The third-order valence-electron chi connectivity index (χ3n) is 4.38. The molecule has 2 atom stereocenters. The molecule has 0 fully saturated rings. The van der Waals surface area contributed by atoms with Crippen molar-refractivity contribution >= 4 is 11.6 Å². The summed E-state index contributed by atoms with van der Waals surface area (Å²) in [5.74, 6) is -0.159. The monoisotopic (exact) mass is 242 g/mol. The lowest BCUT2D eigenvalue weighted by molar-refractivity contribution is -0.131. The molecule has 0 spiro atoms. The van der Waals surface area contributed by atoms with Crippen molar-refractivity contribution < 1.29 is 9.59 Å². The number of hydrogen-bond acceptors (Lipinski definition) is 2. The number of allylic oxidation sites excluding steroid dienone is 2. The summed E-state index contributed by atoms with van der Waals surface area (Å²) in [6.45, 7) is 7.23. The fourth-order valence-electron chi connectivity index (χ4n) is 2.69. The molecule has 0 saturated carbocycles. The number of carbonyl (C=O) groups is 2. The average molecular weight is 242 g/mol. The molecule has 0 N–H and O–H groups in total. The van der Waals surface area contributed by atoms with Crippen molar-refractivity contribution in [2.45, 2.75) is 33.1 Å². The third-order valence-corrected chi connectivity index (χ3v) is 4.38. The van der Waals surface area contributed by atoms with Gasteiger partial charge >= 0.3 is 0 Å². The molecule has 1 aliphatic carbocycles. The summed E-state index contributed by atoms with van der Waals surface area (Å²) in [7, 11) is 0. The van der Waals surface area contributed by atoms with Gasteiger partial charge in [-0.15, -0.1) is 0 Å². The summed E-state index contributed by atoms with van der Waals surface area (Å²) in [6.07, 6.45) is 0. The SMILES string of the molecule is CC1=C(C)C(=O)[C@@](C)(c2ccccc2)[C@@H](C)C1=O. The molecular formula is C16H18O2. The average Bonchev–Trinajstić information content (AvgIpc) is 2.42.